The van der Waals surface area contributed by atoms with E-state index in [1.54, 1.807) is 0 Å². The zero-order valence-corrected chi connectivity index (χ0v) is 34.7. The monoisotopic (exact) mass is 821 g/mol. The average Bonchev–Trinajstić information content (AvgIpc) is 4.02. The average molecular weight is 822 g/mol. The number of aromatic nitrogens is 5. The molecule has 0 bridgehead atoms. The van der Waals surface area contributed by atoms with Gasteiger partial charge in [0.1, 0.15) is 0 Å². The van der Waals surface area contributed by atoms with E-state index in [9.17, 15) is 0 Å². The molecule has 9 aromatic carbocycles. The normalized spacial score (nSPS) is 11.8. The Morgan fingerprint density at radius 2 is 0.889 bits per heavy atom. The Bertz CT molecular complexity index is 3830. The van der Waals surface area contributed by atoms with Gasteiger partial charge in [-0.05, 0) is 65.7 Å². The lowest BCUT2D eigenvalue weighted by Gasteiger charge is -2.11. The highest BCUT2D eigenvalue weighted by molar-refractivity contribution is 7.26. The molecule has 4 heterocycles. The fraction of sp³-hybridized carbons (Fsp3) is 0. The standard InChI is InChI=1S/C57H35N5S/c1-5-16-36(17-6-1)39-28-30-43-42-24-13-14-25-47(42)62(50(43)35-39)49-26-15-27-51-52(49)45-32-31-44-46-34-40(29-33-48(46)61(53(44)54(45)63-51)41-22-11-4-12-23-41)57-59-55(37-18-7-2-8-19-37)58-56(60-57)38-20-9-3-10-21-38/h1-35H. The summed E-state index contributed by atoms with van der Waals surface area (Å²) in [5.41, 5.74) is 12.2. The summed E-state index contributed by atoms with van der Waals surface area (Å²) in [7, 11) is 0. The van der Waals surface area contributed by atoms with E-state index < -0.39 is 0 Å². The molecule has 63 heavy (non-hydrogen) atoms. The third-order valence-electron chi connectivity index (χ3n) is 12.4. The van der Waals surface area contributed by atoms with E-state index >= 15 is 0 Å². The van der Waals surface area contributed by atoms with Crippen LogP contribution in [-0.4, -0.2) is 24.1 Å². The predicted molar refractivity (Wildman–Crippen MR) is 263 cm³/mol. The Hall–Kier alpha value is -8.19. The first-order chi connectivity index (χ1) is 31.2. The zero-order chi connectivity index (χ0) is 41.4. The Labute approximate surface area is 366 Å². The van der Waals surface area contributed by atoms with Crippen LogP contribution in [0, 0.1) is 0 Å². The molecular formula is C57H35N5S. The first-order valence-electron chi connectivity index (χ1n) is 21.2. The molecule has 13 rings (SSSR count). The largest absolute Gasteiger partial charge is 0.309 e. The fourth-order valence-electron chi connectivity index (χ4n) is 9.51. The number of hydrogen-bond donors (Lipinski definition) is 0. The number of nitrogens with zero attached hydrogens (tertiary/aromatic N) is 5. The summed E-state index contributed by atoms with van der Waals surface area (Å²) in [6.07, 6.45) is 0. The van der Waals surface area contributed by atoms with Gasteiger partial charge in [-0.3, -0.25) is 0 Å². The summed E-state index contributed by atoms with van der Waals surface area (Å²) >= 11 is 1.87. The summed E-state index contributed by atoms with van der Waals surface area (Å²) in [6, 6.07) is 75.6. The van der Waals surface area contributed by atoms with Crippen molar-refractivity contribution in [3.8, 4) is 56.7 Å². The van der Waals surface area contributed by atoms with Crippen molar-refractivity contribution in [2.45, 2.75) is 0 Å². The SMILES string of the molecule is c1ccc(-c2ccc3c4ccccc4n(-c4cccc5sc6c(ccc7c8cc(-c9nc(-c%10ccccc%10)nc(-c%10ccccc%10)n9)ccc8n(-c8ccccc8)c76)c45)c3c2)cc1. The van der Waals surface area contributed by atoms with Gasteiger partial charge in [0.25, 0.3) is 0 Å². The van der Waals surface area contributed by atoms with E-state index in [0.717, 1.165) is 33.3 Å². The molecule has 13 aromatic rings. The molecule has 0 atom stereocenters. The molecule has 0 radical (unpaired) electrons. The van der Waals surface area contributed by atoms with Crippen LogP contribution in [0.4, 0.5) is 0 Å². The molecule has 0 N–H and O–H groups in total. The molecule has 6 heteroatoms. The molecule has 4 aromatic heterocycles. The summed E-state index contributed by atoms with van der Waals surface area (Å²) in [5, 5.41) is 7.31. The fourth-order valence-corrected chi connectivity index (χ4v) is 10.8. The van der Waals surface area contributed by atoms with Crippen molar-refractivity contribution in [3.63, 3.8) is 0 Å². The summed E-state index contributed by atoms with van der Waals surface area (Å²) in [4.78, 5) is 15.2. The number of benzene rings is 9. The molecular weight excluding hydrogens is 787 g/mol. The molecule has 0 saturated carbocycles. The maximum Gasteiger partial charge on any atom is 0.164 e. The lowest BCUT2D eigenvalue weighted by Crippen LogP contribution is -2.00. The van der Waals surface area contributed by atoms with Crippen LogP contribution in [0.3, 0.4) is 0 Å². The lowest BCUT2D eigenvalue weighted by molar-refractivity contribution is 1.07. The van der Waals surface area contributed by atoms with Crippen molar-refractivity contribution in [2.75, 3.05) is 0 Å². The Morgan fingerprint density at radius 3 is 1.60 bits per heavy atom. The second-order valence-corrected chi connectivity index (χ2v) is 17.0. The quantitative estimate of drug-likeness (QED) is 0.168. The molecule has 294 valence electrons. The number of thiophene rings is 1. The van der Waals surface area contributed by atoms with Crippen molar-refractivity contribution in [1.29, 1.82) is 0 Å². The topological polar surface area (TPSA) is 48.5 Å². The van der Waals surface area contributed by atoms with Gasteiger partial charge in [-0.1, -0.05) is 158 Å². The van der Waals surface area contributed by atoms with Gasteiger partial charge in [0, 0.05) is 59.4 Å². The Kier molecular flexibility index (Phi) is 8.01. The third-order valence-corrected chi connectivity index (χ3v) is 13.5. The highest BCUT2D eigenvalue weighted by Crippen LogP contribution is 2.46. The first-order valence-corrected chi connectivity index (χ1v) is 22.0. The second-order valence-electron chi connectivity index (χ2n) is 16.0. The third kappa shape index (κ3) is 5.66. The highest BCUT2D eigenvalue weighted by Gasteiger charge is 2.23. The van der Waals surface area contributed by atoms with Crippen molar-refractivity contribution >= 4 is 75.1 Å². The van der Waals surface area contributed by atoms with Crippen molar-refractivity contribution in [2.24, 2.45) is 0 Å². The van der Waals surface area contributed by atoms with Gasteiger partial charge in [-0.2, -0.15) is 0 Å². The van der Waals surface area contributed by atoms with Gasteiger partial charge in [0.15, 0.2) is 17.5 Å². The Morgan fingerprint density at radius 1 is 0.333 bits per heavy atom. The van der Waals surface area contributed by atoms with Gasteiger partial charge >= 0.3 is 0 Å². The summed E-state index contributed by atoms with van der Waals surface area (Å²) < 4.78 is 7.42. The van der Waals surface area contributed by atoms with Crippen molar-refractivity contribution in [3.05, 3.63) is 212 Å². The van der Waals surface area contributed by atoms with Crippen LogP contribution in [0.5, 0.6) is 0 Å². The minimum Gasteiger partial charge on any atom is -0.309 e. The molecule has 0 spiro atoms. The van der Waals surface area contributed by atoms with Gasteiger partial charge in [0.05, 0.1) is 32.5 Å². The highest BCUT2D eigenvalue weighted by atomic mass is 32.1. The van der Waals surface area contributed by atoms with Crippen LogP contribution in [0.25, 0.3) is 120 Å². The lowest BCUT2D eigenvalue weighted by atomic mass is 10.0. The number of hydrogen-bond acceptors (Lipinski definition) is 4. The molecule has 0 unspecified atom stereocenters. The van der Waals surface area contributed by atoms with Crippen LogP contribution in [0.2, 0.25) is 0 Å². The molecule has 0 aliphatic rings. The van der Waals surface area contributed by atoms with E-state index in [0.29, 0.717) is 17.5 Å². The molecule has 5 nitrogen and oxygen atoms in total. The van der Waals surface area contributed by atoms with Gasteiger partial charge in [-0.25, -0.2) is 15.0 Å². The zero-order valence-electron chi connectivity index (χ0n) is 33.9. The number of rotatable bonds is 6. The van der Waals surface area contributed by atoms with Crippen molar-refractivity contribution in [1.82, 2.24) is 24.1 Å². The van der Waals surface area contributed by atoms with E-state index in [2.05, 4.69) is 185 Å². The van der Waals surface area contributed by atoms with Gasteiger partial charge < -0.3 is 9.13 Å². The maximum absolute atomic E-state index is 5.10. The molecule has 0 aliphatic heterocycles. The van der Waals surface area contributed by atoms with Crippen LogP contribution in [0.1, 0.15) is 0 Å². The first kappa shape index (κ1) is 35.6. The summed E-state index contributed by atoms with van der Waals surface area (Å²) in [5.74, 6) is 1.93. The number of fused-ring (bicyclic) bond motifs is 10. The van der Waals surface area contributed by atoms with Gasteiger partial charge in [0.2, 0.25) is 0 Å². The van der Waals surface area contributed by atoms with E-state index in [1.165, 1.54) is 69.7 Å². The van der Waals surface area contributed by atoms with Crippen LogP contribution >= 0.6 is 11.3 Å². The van der Waals surface area contributed by atoms with Gasteiger partial charge in [-0.15, -0.1) is 11.3 Å². The Balaban J connectivity index is 1.07. The smallest absolute Gasteiger partial charge is 0.164 e. The van der Waals surface area contributed by atoms with E-state index in [-0.39, 0.29) is 0 Å². The van der Waals surface area contributed by atoms with Crippen LogP contribution in [0.15, 0.2) is 212 Å². The molecule has 0 fully saturated rings. The van der Waals surface area contributed by atoms with Crippen LogP contribution < -0.4 is 0 Å². The molecule has 0 saturated heterocycles. The summed E-state index contributed by atoms with van der Waals surface area (Å²) in [6.45, 7) is 0. The second kappa shape index (κ2) is 14.2. The molecule has 0 amide bonds. The minimum absolute atomic E-state index is 0.638. The van der Waals surface area contributed by atoms with Crippen molar-refractivity contribution < 1.29 is 0 Å². The minimum atomic E-state index is 0.638. The number of para-hydroxylation sites is 2. The predicted octanol–water partition coefficient (Wildman–Crippen LogP) is 15.1. The maximum atomic E-state index is 5.10. The van der Waals surface area contributed by atoms with E-state index in [4.69, 9.17) is 15.0 Å². The van der Waals surface area contributed by atoms with Crippen LogP contribution in [-0.2, 0) is 0 Å². The van der Waals surface area contributed by atoms with E-state index in [1.807, 2.05) is 47.7 Å². The molecule has 0 aliphatic carbocycles.